The molecule has 1 aromatic heterocycles. The number of nitrogens with one attached hydrogen (secondary N) is 1. The number of rotatable bonds is 5. The first kappa shape index (κ1) is 14.7. The number of hydrogen-bond acceptors (Lipinski definition) is 6. The van der Waals surface area contributed by atoms with Gasteiger partial charge < -0.3 is 5.11 Å². The van der Waals surface area contributed by atoms with E-state index in [9.17, 15) is 13.5 Å². The smallest absolute Gasteiger partial charge is 0.267 e. The summed E-state index contributed by atoms with van der Waals surface area (Å²) < 4.78 is 26.6. The van der Waals surface area contributed by atoms with Gasteiger partial charge in [0.2, 0.25) is 5.13 Å². The summed E-state index contributed by atoms with van der Waals surface area (Å²) in [5, 5.41) is 18.3. The van der Waals surface area contributed by atoms with Gasteiger partial charge in [0.1, 0.15) is 15.7 Å². The summed E-state index contributed by atoms with van der Waals surface area (Å²) in [6.45, 7) is 4.10. The molecule has 1 aromatic carbocycles. The molecular formula is C12H15N3O3S2. The zero-order valence-corrected chi connectivity index (χ0v) is 12.7. The van der Waals surface area contributed by atoms with Crippen molar-refractivity contribution < 1.29 is 13.5 Å². The highest BCUT2D eigenvalue weighted by atomic mass is 32.2. The van der Waals surface area contributed by atoms with Crippen molar-refractivity contribution in [1.29, 1.82) is 0 Å². The first-order chi connectivity index (χ1) is 9.38. The molecule has 6 nitrogen and oxygen atoms in total. The normalized spacial score (nSPS) is 11.8. The van der Waals surface area contributed by atoms with Gasteiger partial charge in [0.25, 0.3) is 10.0 Å². The Bertz CT molecular complexity index is 695. The molecule has 8 heteroatoms. The molecule has 0 unspecified atom stereocenters. The lowest BCUT2D eigenvalue weighted by Crippen LogP contribution is -2.12. The Morgan fingerprint density at radius 3 is 2.65 bits per heavy atom. The predicted octanol–water partition coefficient (Wildman–Crippen LogP) is 2.24. The molecule has 0 bridgehead atoms. The van der Waals surface area contributed by atoms with Crippen LogP contribution in [0, 0.1) is 5.92 Å². The van der Waals surface area contributed by atoms with Crippen LogP contribution < -0.4 is 4.72 Å². The summed E-state index contributed by atoms with van der Waals surface area (Å²) in [5.74, 6) is 0.123. The van der Waals surface area contributed by atoms with E-state index in [2.05, 4.69) is 14.9 Å². The van der Waals surface area contributed by atoms with Crippen molar-refractivity contribution >= 4 is 26.5 Å². The molecule has 0 aliphatic rings. The maximum atomic E-state index is 12.1. The van der Waals surface area contributed by atoms with Gasteiger partial charge in [-0.05, 0) is 18.1 Å². The van der Waals surface area contributed by atoms with E-state index in [-0.39, 0.29) is 15.8 Å². The molecule has 0 atom stereocenters. The molecule has 2 rings (SSSR count). The highest BCUT2D eigenvalue weighted by Crippen LogP contribution is 2.26. The fraction of sp³-hybridized carbons (Fsp3) is 0.333. The second kappa shape index (κ2) is 5.76. The van der Waals surface area contributed by atoms with Crippen LogP contribution >= 0.6 is 11.3 Å². The van der Waals surface area contributed by atoms with E-state index < -0.39 is 10.0 Å². The standard InChI is InChI=1S/C12H15N3O3S2/c1-8(2)7-11-13-14-12(19-11)15-20(17,18)10-6-4-3-5-9(10)16/h3-6,8,16H,7H2,1-2H3,(H,14,15). The number of nitrogens with zero attached hydrogens (tertiary/aromatic N) is 2. The van der Waals surface area contributed by atoms with Crippen LogP contribution in [0.5, 0.6) is 5.75 Å². The lowest BCUT2D eigenvalue weighted by molar-refractivity contribution is 0.459. The number of para-hydroxylation sites is 1. The van der Waals surface area contributed by atoms with Gasteiger partial charge in [-0.1, -0.05) is 37.3 Å². The fourth-order valence-electron chi connectivity index (χ4n) is 1.58. The van der Waals surface area contributed by atoms with Crippen LogP contribution in [0.3, 0.4) is 0 Å². The summed E-state index contributed by atoms with van der Waals surface area (Å²) >= 11 is 1.19. The van der Waals surface area contributed by atoms with Crippen LogP contribution in [0.2, 0.25) is 0 Å². The molecule has 20 heavy (non-hydrogen) atoms. The third-order valence-electron chi connectivity index (χ3n) is 2.43. The summed E-state index contributed by atoms with van der Waals surface area (Å²) in [4.78, 5) is -0.180. The average Bonchev–Trinajstić information content (AvgIpc) is 2.75. The number of phenols is 1. The van der Waals surface area contributed by atoms with Crippen LogP contribution in [-0.4, -0.2) is 23.7 Å². The highest BCUT2D eigenvalue weighted by molar-refractivity contribution is 7.93. The molecule has 0 aliphatic carbocycles. The molecule has 0 saturated heterocycles. The van der Waals surface area contributed by atoms with Crippen molar-refractivity contribution in [2.24, 2.45) is 5.92 Å². The van der Waals surface area contributed by atoms with Gasteiger partial charge in [-0.25, -0.2) is 8.42 Å². The summed E-state index contributed by atoms with van der Waals surface area (Å²) in [6.07, 6.45) is 0.746. The summed E-state index contributed by atoms with van der Waals surface area (Å²) in [5.41, 5.74) is 0. The van der Waals surface area contributed by atoms with Crippen LogP contribution in [-0.2, 0) is 16.4 Å². The van der Waals surface area contributed by atoms with Crippen LogP contribution in [0.15, 0.2) is 29.2 Å². The Morgan fingerprint density at radius 2 is 2.00 bits per heavy atom. The summed E-state index contributed by atoms with van der Waals surface area (Å²) in [6, 6.07) is 5.74. The Morgan fingerprint density at radius 1 is 1.30 bits per heavy atom. The van der Waals surface area contributed by atoms with E-state index in [1.165, 1.54) is 23.5 Å². The molecule has 2 N–H and O–H groups in total. The number of aromatic nitrogens is 2. The third-order valence-corrected chi connectivity index (χ3v) is 4.80. The zero-order chi connectivity index (χ0) is 14.8. The second-order valence-corrected chi connectivity index (χ2v) is 7.39. The van der Waals surface area contributed by atoms with E-state index >= 15 is 0 Å². The van der Waals surface area contributed by atoms with Gasteiger partial charge >= 0.3 is 0 Å². The lowest BCUT2D eigenvalue weighted by atomic mass is 10.1. The first-order valence-corrected chi connectivity index (χ1v) is 8.31. The minimum absolute atomic E-state index is 0.180. The number of hydrogen-bond donors (Lipinski definition) is 2. The van der Waals surface area contributed by atoms with E-state index in [0.29, 0.717) is 5.92 Å². The van der Waals surface area contributed by atoms with Crippen molar-refractivity contribution in [3.05, 3.63) is 29.3 Å². The largest absolute Gasteiger partial charge is 0.507 e. The van der Waals surface area contributed by atoms with Gasteiger partial charge in [0.05, 0.1) is 0 Å². The zero-order valence-electron chi connectivity index (χ0n) is 11.1. The van der Waals surface area contributed by atoms with Crippen LogP contribution in [0.4, 0.5) is 5.13 Å². The van der Waals surface area contributed by atoms with Gasteiger partial charge in [-0.2, -0.15) is 0 Å². The van der Waals surface area contributed by atoms with Gasteiger partial charge in [0, 0.05) is 6.42 Å². The van der Waals surface area contributed by atoms with Gasteiger partial charge in [-0.15, -0.1) is 10.2 Å². The van der Waals surface area contributed by atoms with E-state index in [1.807, 2.05) is 13.8 Å². The minimum atomic E-state index is -3.85. The average molecular weight is 313 g/mol. The molecule has 0 radical (unpaired) electrons. The Labute approximate surface area is 121 Å². The highest BCUT2D eigenvalue weighted by Gasteiger charge is 2.20. The summed E-state index contributed by atoms with van der Waals surface area (Å²) in [7, 11) is -3.85. The lowest BCUT2D eigenvalue weighted by Gasteiger charge is -2.05. The van der Waals surface area contributed by atoms with Gasteiger partial charge in [0.15, 0.2) is 0 Å². The second-order valence-electron chi connectivity index (χ2n) is 4.67. The molecule has 0 amide bonds. The maximum absolute atomic E-state index is 12.1. The maximum Gasteiger partial charge on any atom is 0.267 e. The molecule has 2 aromatic rings. The van der Waals surface area contributed by atoms with Crippen molar-refractivity contribution in [3.8, 4) is 5.75 Å². The fourth-order valence-corrected chi connectivity index (χ4v) is 3.86. The van der Waals surface area contributed by atoms with Crippen molar-refractivity contribution in [1.82, 2.24) is 10.2 Å². The quantitative estimate of drug-likeness (QED) is 0.883. The number of anilines is 1. The monoisotopic (exact) mass is 313 g/mol. The Hall–Kier alpha value is -1.67. The van der Waals surface area contributed by atoms with Crippen molar-refractivity contribution in [3.63, 3.8) is 0 Å². The first-order valence-electron chi connectivity index (χ1n) is 6.01. The molecular weight excluding hydrogens is 298 g/mol. The van der Waals surface area contributed by atoms with E-state index in [1.54, 1.807) is 12.1 Å². The number of aromatic hydroxyl groups is 1. The van der Waals surface area contributed by atoms with Crippen molar-refractivity contribution in [2.75, 3.05) is 4.72 Å². The van der Waals surface area contributed by atoms with Crippen molar-refractivity contribution in [2.45, 2.75) is 25.2 Å². The number of sulfonamides is 1. The topological polar surface area (TPSA) is 92.2 Å². The Balaban J connectivity index is 2.21. The minimum Gasteiger partial charge on any atom is -0.507 e. The van der Waals surface area contributed by atoms with Crippen LogP contribution in [0.1, 0.15) is 18.9 Å². The predicted molar refractivity (Wildman–Crippen MR) is 77.4 cm³/mol. The van der Waals surface area contributed by atoms with Crippen LogP contribution in [0.25, 0.3) is 0 Å². The van der Waals surface area contributed by atoms with Gasteiger partial charge in [-0.3, -0.25) is 4.72 Å². The molecule has 1 heterocycles. The van der Waals surface area contributed by atoms with E-state index in [0.717, 1.165) is 11.4 Å². The molecule has 0 spiro atoms. The molecule has 0 saturated carbocycles. The number of benzene rings is 1. The Kier molecular flexibility index (Phi) is 4.24. The molecule has 0 fully saturated rings. The SMILES string of the molecule is CC(C)Cc1nnc(NS(=O)(=O)c2ccccc2O)s1. The third kappa shape index (κ3) is 3.45. The molecule has 0 aliphatic heterocycles. The van der Waals surface area contributed by atoms with E-state index in [4.69, 9.17) is 0 Å². The number of phenolic OH excluding ortho intramolecular Hbond substituents is 1. The molecule has 108 valence electrons.